The Morgan fingerprint density at radius 3 is 2.70 bits per heavy atom. The Morgan fingerprint density at radius 2 is 2.11 bits per heavy atom. The van der Waals surface area contributed by atoms with Crippen LogP contribution in [-0.2, 0) is 0 Å². The Hall–Kier alpha value is -2.67. The fraction of sp³-hybridized carbons (Fsp3) is 0.400. The summed E-state index contributed by atoms with van der Waals surface area (Å²) in [5, 5.41) is 9.47. The zero-order valence-corrected chi connectivity index (χ0v) is 14.9. The standard InChI is InChI=1S/C20H22FN3O3/c1-2-13-17-14(8-16(21)18(13)23-7-3-4-11(22)9-23)19(25)15(20(26)27)10-24(17)12-5-6-12/h2,8,10-12H,1,3-7,9,22H2,(H,26,27). The summed E-state index contributed by atoms with van der Waals surface area (Å²) in [6.07, 6.45) is 6.50. The summed E-state index contributed by atoms with van der Waals surface area (Å²) in [7, 11) is 0. The van der Waals surface area contributed by atoms with Gasteiger partial charge in [0.2, 0.25) is 5.43 Å². The lowest BCUT2D eigenvalue weighted by Gasteiger charge is -2.34. The van der Waals surface area contributed by atoms with Gasteiger partial charge in [-0.1, -0.05) is 12.7 Å². The lowest BCUT2D eigenvalue weighted by atomic mass is 10.00. The molecule has 6 nitrogen and oxygen atoms in total. The number of carboxylic acid groups (broad SMARTS) is 1. The van der Waals surface area contributed by atoms with Crippen molar-refractivity contribution in [3.63, 3.8) is 0 Å². The summed E-state index contributed by atoms with van der Waals surface area (Å²) in [6.45, 7) is 5.06. The van der Waals surface area contributed by atoms with Gasteiger partial charge >= 0.3 is 5.97 Å². The second-order valence-electron chi connectivity index (χ2n) is 7.38. The second-order valence-corrected chi connectivity index (χ2v) is 7.38. The van der Waals surface area contributed by atoms with E-state index < -0.39 is 17.2 Å². The number of nitrogens with zero attached hydrogens (tertiary/aromatic N) is 2. The van der Waals surface area contributed by atoms with Crippen LogP contribution in [0.3, 0.4) is 0 Å². The molecule has 0 amide bonds. The van der Waals surface area contributed by atoms with Gasteiger partial charge in [-0.15, -0.1) is 0 Å². The van der Waals surface area contributed by atoms with Crippen LogP contribution in [0.25, 0.3) is 17.0 Å². The number of carboxylic acids is 1. The lowest BCUT2D eigenvalue weighted by molar-refractivity contribution is 0.0695. The van der Waals surface area contributed by atoms with E-state index in [1.165, 1.54) is 12.3 Å². The van der Waals surface area contributed by atoms with Gasteiger partial charge in [0.1, 0.15) is 11.4 Å². The zero-order chi connectivity index (χ0) is 19.3. The molecule has 2 aromatic rings. The van der Waals surface area contributed by atoms with Crippen molar-refractivity contribution < 1.29 is 14.3 Å². The number of aromatic nitrogens is 1. The molecule has 142 valence electrons. The minimum absolute atomic E-state index is 0.0356. The van der Waals surface area contributed by atoms with Gasteiger partial charge in [-0.25, -0.2) is 9.18 Å². The number of piperidine rings is 1. The third-order valence-electron chi connectivity index (χ3n) is 5.43. The van der Waals surface area contributed by atoms with Crippen LogP contribution in [0, 0.1) is 5.82 Å². The largest absolute Gasteiger partial charge is 0.477 e. The van der Waals surface area contributed by atoms with Crippen molar-refractivity contribution in [3.8, 4) is 0 Å². The van der Waals surface area contributed by atoms with Crippen LogP contribution in [0.4, 0.5) is 10.1 Å². The summed E-state index contributed by atoms with van der Waals surface area (Å²) in [5.74, 6) is -1.85. The number of hydrogen-bond acceptors (Lipinski definition) is 4. The molecule has 1 aliphatic carbocycles. The molecule has 7 heteroatoms. The monoisotopic (exact) mass is 371 g/mol. The van der Waals surface area contributed by atoms with E-state index in [9.17, 15) is 14.7 Å². The van der Waals surface area contributed by atoms with Crippen molar-refractivity contribution in [1.29, 1.82) is 0 Å². The number of anilines is 1. The van der Waals surface area contributed by atoms with E-state index in [1.807, 2.05) is 9.47 Å². The van der Waals surface area contributed by atoms with Gasteiger partial charge in [-0.3, -0.25) is 4.79 Å². The molecular weight excluding hydrogens is 349 g/mol. The van der Waals surface area contributed by atoms with E-state index in [0.29, 0.717) is 29.9 Å². The highest BCUT2D eigenvalue weighted by Gasteiger charge is 2.30. The summed E-state index contributed by atoms with van der Waals surface area (Å²) in [6, 6.07) is 1.25. The average molecular weight is 371 g/mol. The van der Waals surface area contributed by atoms with Crippen LogP contribution >= 0.6 is 0 Å². The second kappa shape index (κ2) is 6.49. The minimum Gasteiger partial charge on any atom is -0.477 e. The third-order valence-corrected chi connectivity index (χ3v) is 5.43. The van der Waals surface area contributed by atoms with E-state index in [2.05, 4.69) is 6.58 Å². The minimum atomic E-state index is -1.30. The SMILES string of the molecule is C=Cc1c(N2CCCC(N)C2)c(F)cc2c(=O)c(C(=O)O)cn(C3CC3)c12. The number of nitrogens with two attached hydrogens (primary N) is 1. The van der Waals surface area contributed by atoms with Gasteiger partial charge in [0.15, 0.2) is 0 Å². The van der Waals surface area contributed by atoms with Gasteiger partial charge in [-0.2, -0.15) is 0 Å². The maximum atomic E-state index is 15.1. The molecule has 0 radical (unpaired) electrons. The molecule has 1 aromatic heterocycles. The molecule has 0 bridgehead atoms. The van der Waals surface area contributed by atoms with Crippen LogP contribution in [0.5, 0.6) is 0 Å². The van der Waals surface area contributed by atoms with Gasteiger partial charge in [-0.05, 0) is 31.7 Å². The Bertz CT molecular complexity index is 1010. The molecule has 3 N–H and O–H groups in total. The molecule has 2 fully saturated rings. The average Bonchev–Trinajstić information content (AvgIpc) is 3.46. The Morgan fingerprint density at radius 1 is 1.37 bits per heavy atom. The Kier molecular flexibility index (Phi) is 4.26. The van der Waals surface area contributed by atoms with Gasteiger partial charge in [0.05, 0.1) is 16.6 Å². The first-order valence-electron chi connectivity index (χ1n) is 9.20. The predicted molar refractivity (Wildman–Crippen MR) is 103 cm³/mol. The molecule has 1 saturated heterocycles. The topological polar surface area (TPSA) is 88.6 Å². The fourth-order valence-corrected chi connectivity index (χ4v) is 4.03. The molecular formula is C20H22FN3O3. The molecule has 2 aliphatic rings. The molecule has 27 heavy (non-hydrogen) atoms. The Labute approximate surface area is 155 Å². The number of hydrogen-bond donors (Lipinski definition) is 2. The number of rotatable bonds is 4. The molecule has 1 aliphatic heterocycles. The molecule has 4 rings (SSSR count). The first kappa shape index (κ1) is 17.7. The smallest absolute Gasteiger partial charge is 0.341 e. The number of pyridine rings is 1. The zero-order valence-electron chi connectivity index (χ0n) is 14.9. The van der Waals surface area contributed by atoms with E-state index in [4.69, 9.17) is 5.73 Å². The van der Waals surface area contributed by atoms with Crippen molar-refractivity contribution in [2.24, 2.45) is 5.73 Å². The molecule has 0 spiro atoms. The van der Waals surface area contributed by atoms with Gasteiger partial charge in [0.25, 0.3) is 0 Å². The van der Waals surface area contributed by atoms with Crippen molar-refractivity contribution in [1.82, 2.24) is 4.57 Å². The number of aromatic carboxylic acids is 1. The summed E-state index contributed by atoms with van der Waals surface area (Å²) in [4.78, 5) is 26.1. The van der Waals surface area contributed by atoms with Gasteiger partial charge in [0, 0.05) is 36.9 Å². The maximum absolute atomic E-state index is 15.1. The fourth-order valence-electron chi connectivity index (χ4n) is 4.03. The highest BCUT2D eigenvalue weighted by atomic mass is 19.1. The van der Waals surface area contributed by atoms with E-state index in [1.54, 1.807) is 6.08 Å². The van der Waals surface area contributed by atoms with Gasteiger partial charge < -0.3 is 20.3 Å². The van der Waals surface area contributed by atoms with E-state index >= 15 is 4.39 Å². The van der Waals surface area contributed by atoms with Crippen molar-refractivity contribution in [2.45, 2.75) is 37.8 Å². The summed E-state index contributed by atoms with van der Waals surface area (Å²) < 4.78 is 16.9. The third kappa shape index (κ3) is 2.92. The van der Waals surface area contributed by atoms with E-state index in [0.717, 1.165) is 25.7 Å². The predicted octanol–water partition coefficient (Wildman–Crippen LogP) is 2.74. The van der Waals surface area contributed by atoms with E-state index in [-0.39, 0.29) is 23.0 Å². The summed E-state index contributed by atoms with van der Waals surface area (Å²) in [5.41, 5.74) is 6.54. The van der Waals surface area contributed by atoms with Crippen LogP contribution in [0.15, 0.2) is 23.6 Å². The van der Waals surface area contributed by atoms with Crippen molar-refractivity contribution in [2.75, 3.05) is 18.0 Å². The molecule has 1 unspecified atom stereocenters. The van der Waals surface area contributed by atoms with Crippen LogP contribution in [0.2, 0.25) is 0 Å². The van der Waals surface area contributed by atoms with Crippen LogP contribution in [-0.4, -0.2) is 34.8 Å². The quantitative estimate of drug-likeness (QED) is 0.863. The highest BCUT2D eigenvalue weighted by Crippen LogP contribution is 2.40. The van der Waals surface area contributed by atoms with Crippen molar-refractivity contribution >= 4 is 28.6 Å². The van der Waals surface area contributed by atoms with Crippen LogP contribution < -0.4 is 16.1 Å². The highest BCUT2D eigenvalue weighted by molar-refractivity contribution is 5.98. The number of fused-ring (bicyclic) bond motifs is 1. The summed E-state index contributed by atoms with van der Waals surface area (Å²) >= 11 is 0. The molecule has 1 aromatic carbocycles. The maximum Gasteiger partial charge on any atom is 0.341 e. The molecule has 1 atom stereocenters. The Balaban J connectivity index is 2.05. The number of carbonyl (C=O) groups is 1. The lowest BCUT2D eigenvalue weighted by Crippen LogP contribution is -2.43. The van der Waals surface area contributed by atoms with Crippen molar-refractivity contribution in [3.05, 3.63) is 46.0 Å². The normalized spacial score (nSPS) is 20.1. The first-order valence-corrected chi connectivity index (χ1v) is 9.20. The first-order chi connectivity index (χ1) is 12.9. The number of halogens is 1. The van der Waals surface area contributed by atoms with Crippen LogP contribution in [0.1, 0.15) is 47.6 Å². The number of benzene rings is 1. The molecule has 1 saturated carbocycles. The molecule has 2 heterocycles.